The first-order valence-corrected chi connectivity index (χ1v) is 15.3. The molecule has 7 heteroatoms. The van der Waals surface area contributed by atoms with Crippen LogP contribution in [0.3, 0.4) is 0 Å². The summed E-state index contributed by atoms with van der Waals surface area (Å²) in [5, 5.41) is 2.08. The number of fused-ring (bicyclic) bond motifs is 4. The van der Waals surface area contributed by atoms with Crippen molar-refractivity contribution in [2.75, 3.05) is 6.54 Å². The number of aryl methyl sites for hydroxylation is 1. The molecule has 2 saturated carbocycles. The number of aromatic nitrogens is 1. The van der Waals surface area contributed by atoms with Gasteiger partial charge in [0.15, 0.2) is 5.76 Å². The maximum Gasteiger partial charge on any atom is 0.254 e. The molecule has 3 aromatic carbocycles. The van der Waals surface area contributed by atoms with Crippen molar-refractivity contribution in [1.29, 1.82) is 0 Å². The van der Waals surface area contributed by atoms with Crippen LogP contribution >= 0.6 is 0 Å². The van der Waals surface area contributed by atoms with Crippen LogP contribution in [0.2, 0.25) is 0 Å². The fourth-order valence-electron chi connectivity index (χ4n) is 7.58. The summed E-state index contributed by atoms with van der Waals surface area (Å²) in [6.45, 7) is 6.09. The largest absolute Gasteiger partial charge is 0.454 e. The topological polar surface area (TPSA) is 81.5 Å². The van der Waals surface area contributed by atoms with Crippen LogP contribution in [-0.2, 0) is 6.54 Å². The van der Waals surface area contributed by atoms with Crippen molar-refractivity contribution in [3.8, 4) is 22.6 Å². The van der Waals surface area contributed by atoms with E-state index in [0.717, 1.165) is 64.0 Å². The molecule has 2 unspecified atom stereocenters. The van der Waals surface area contributed by atoms with Gasteiger partial charge in [-0.2, -0.15) is 0 Å². The van der Waals surface area contributed by atoms with Gasteiger partial charge in [-0.05, 0) is 97.9 Å². The summed E-state index contributed by atoms with van der Waals surface area (Å²) in [6, 6.07) is 19.1. The molecule has 2 aromatic heterocycles. The lowest BCUT2D eigenvalue weighted by molar-refractivity contribution is 0.0696. The average Bonchev–Trinajstić information content (AvgIpc) is 3.41. The second-order valence-electron chi connectivity index (χ2n) is 12.9. The van der Waals surface area contributed by atoms with Crippen LogP contribution in [0.1, 0.15) is 58.9 Å². The summed E-state index contributed by atoms with van der Waals surface area (Å²) in [6.07, 6.45) is 4.72. The van der Waals surface area contributed by atoms with Gasteiger partial charge in [0.05, 0.1) is 11.3 Å². The maximum atomic E-state index is 14.6. The van der Waals surface area contributed by atoms with Crippen molar-refractivity contribution >= 4 is 33.7 Å². The summed E-state index contributed by atoms with van der Waals surface area (Å²) in [5.41, 5.74) is 11.2. The van der Waals surface area contributed by atoms with Gasteiger partial charge in [-0.3, -0.25) is 9.59 Å². The molecular formula is C36H34FN3O3. The van der Waals surface area contributed by atoms with Gasteiger partial charge in [0.1, 0.15) is 11.4 Å². The number of primary amides is 1. The molecule has 6 nitrogen and oxygen atoms in total. The third-order valence-corrected chi connectivity index (χ3v) is 10.3. The van der Waals surface area contributed by atoms with Gasteiger partial charge in [0.25, 0.3) is 11.8 Å². The van der Waals surface area contributed by atoms with Gasteiger partial charge in [0, 0.05) is 46.5 Å². The highest BCUT2D eigenvalue weighted by molar-refractivity contribution is 6.00. The summed E-state index contributed by atoms with van der Waals surface area (Å²) < 4.78 is 23.5. The SMILES string of the molecule is Cc1c(-c2cc3ccc(-c4ccc(C(N)=O)c(F)c4)cc3n2CC2CC2)oc2cc(C(=O)N3CC4CCC3[C@@H]4C)ccc12. The lowest BCUT2D eigenvalue weighted by Crippen LogP contribution is -2.38. The number of halogens is 1. The first-order chi connectivity index (χ1) is 20.8. The Morgan fingerprint density at radius 1 is 0.977 bits per heavy atom. The summed E-state index contributed by atoms with van der Waals surface area (Å²) >= 11 is 0. The number of nitrogens with two attached hydrogens (primary N) is 1. The number of furan rings is 1. The molecule has 5 aromatic rings. The number of likely N-dealkylation sites (tertiary alicyclic amines) is 1. The molecule has 2 bridgehead atoms. The van der Waals surface area contributed by atoms with Gasteiger partial charge in [0.2, 0.25) is 0 Å². The minimum Gasteiger partial charge on any atom is -0.454 e. The molecule has 8 rings (SSSR count). The van der Waals surface area contributed by atoms with E-state index in [0.29, 0.717) is 34.9 Å². The Morgan fingerprint density at radius 3 is 2.47 bits per heavy atom. The van der Waals surface area contributed by atoms with E-state index in [2.05, 4.69) is 41.5 Å². The zero-order valence-electron chi connectivity index (χ0n) is 24.4. The van der Waals surface area contributed by atoms with E-state index < -0.39 is 11.7 Å². The Labute approximate surface area is 249 Å². The Bertz CT molecular complexity index is 1970. The molecule has 2 N–H and O–H groups in total. The highest BCUT2D eigenvalue weighted by Crippen LogP contribution is 2.44. The number of hydrogen-bond acceptors (Lipinski definition) is 3. The number of piperidine rings is 1. The van der Waals surface area contributed by atoms with Gasteiger partial charge in [-0.25, -0.2) is 4.39 Å². The summed E-state index contributed by atoms with van der Waals surface area (Å²) in [7, 11) is 0. The van der Waals surface area contributed by atoms with Crippen LogP contribution in [0.15, 0.2) is 65.1 Å². The van der Waals surface area contributed by atoms with Crippen molar-refractivity contribution in [2.45, 2.75) is 52.1 Å². The van der Waals surface area contributed by atoms with Crippen LogP contribution in [0.25, 0.3) is 44.5 Å². The van der Waals surface area contributed by atoms with Gasteiger partial charge in [-0.1, -0.05) is 31.2 Å². The third-order valence-electron chi connectivity index (χ3n) is 10.3. The van der Waals surface area contributed by atoms with Crippen LogP contribution in [0.4, 0.5) is 4.39 Å². The predicted octanol–water partition coefficient (Wildman–Crippen LogP) is 7.55. The van der Waals surface area contributed by atoms with Crippen LogP contribution < -0.4 is 5.73 Å². The molecule has 3 heterocycles. The Hall–Kier alpha value is -4.39. The summed E-state index contributed by atoms with van der Waals surface area (Å²) in [4.78, 5) is 27.2. The first-order valence-electron chi connectivity index (χ1n) is 15.3. The van der Waals surface area contributed by atoms with Crippen LogP contribution in [-0.4, -0.2) is 33.9 Å². The Balaban J connectivity index is 1.19. The first kappa shape index (κ1) is 26.3. The molecule has 3 aliphatic rings. The highest BCUT2D eigenvalue weighted by Gasteiger charge is 2.46. The van der Waals surface area contributed by atoms with Crippen molar-refractivity contribution in [2.24, 2.45) is 23.5 Å². The molecule has 1 aliphatic heterocycles. The second kappa shape index (κ2) is 9.56. The quantitative estimate of drug-likeness (QED) is 0.227. The van der Waals surface area contributed by atoms with E-state index in [9.17, 15) is 14.0 Å². The number of amides is 2. The molecule has 1 saturated heterocycles. The third kappa shape index (κ3) is 4.20. The normalized spacial score (nSPS) is 21.4. The van der Waals surface area contributed by atoms with Gasteiger partial charge >= 0.3 is 0 Å². The van der Waals surface area contributed by atoms with Gasteiger partial charge in [-0.15, -0.1) is 0 Å². The fraction of sp³-hybridized carbons (Fsp3) is 0.333. The van der Waals surface area contributed by atoms with Crippen molar-refractivity contribution in [3.63, 3.8) is 0 Å². The number of benzene rings is 3. The number of rotatable bonds is 6. The average molecular weight is 576 g/mol. The van der Waals surface area contributed by atoms with Gasteiger partial charge < -0.3 is 19.6 Å². The number of carbonyl (C=O) groups excluding carboxylic acids is 2. The van der Waals surface area contributed by atoms with E-state index in [1.54, 1.807) is 6.07 Å². The summed E-state index contributed by atoms with van der Waals surface area (Å²) in [5.74, 6) is 1.32. The van der Waals surface area contributed by atoms with Crippen molar-refractivity contribution in [1.82, 2.24) is 9.47 Å². The molecule has 2 amide bonds. The molecule has 218 valence electrons. The second-order valence-corrected chi connectivity index (χ2v) is 12.9. The van der Waals surface area contributed by atoms with E-state index in [1.807, 2.05) is 24.3 Å². The van der Waals surface area contributed by atoms with Crippen LogP contribution in [0, 0.1) is 30.5 Å². The smallest absolute Gasteiger partial charge is 0.254 e. The zero-order valence-corrected chi connectivity index (χ0v) is 24.4. The molecule has 2 aliphatic carbocycles. The van der Waals surface area contributed by atoms with Crippen molar-refractivity contribution < 1.29 is 18.4 Å². The molecule has 0 spiro atoms. The lowest BCUT2D eigenvalue weighted by atomic mass is 10.0. The molecule has 43 heavy (non-hydrogen) atoms. The predicted molar refractivity (Wildman–Crippen MR) is 165 cm³/mol. The van der Waals surface area contributed by atoms with E-state index in [1.165, 1.54) is 31.4 Å². The molecule has 3 fully saturated rings. The number of hydrogen-bond donors (Lipinski definition) is 1. The molecule has 3 atom stereocenters. The van der Waals surface area contributed by atoms with E-state index in [4.69, 9.17) is 10.2 Å². The van der Waals surface area contributed by atoms with Crippen LogP contribution in [0.5, 0.6) is 0 Å². The Morgan fingerprint density at radius 2 is 1.77 bits per heavy atom. The van der Waals surface area contributed by atoms with Crippen molar-refractivity contribution in [3.05, 3.63) is 83.2 Å². The highest BCUT2D eigenvalue weighted by atomic mass is 19.1. The fourth-order valence-corrected chi connectivity index (χ4v) is 7.58. The molecule has 0 radical (unpaired) electrons. The Kier molecular flexibility index (Phi) is 5.84. The number of carbonyl (C=O) groups is 2. The lowest BCUT2D eigenvalue weighted by Gasteiger charge is -2.27. The van der Waals surface area contributed by atoms with E-state index >= 15 is 0 Å². The monoisotopic (exact) mass is 575 g/mol. The maximum absolute atomic E-state index is 14.6. The zero-order chi connectivity index (χ0) is 29.6. The minimum atomic E-state index is -0.780. The standard InChI is InChI=1S/C36H34FN3O3/c1-19-26-9-12-30(19)40(18-26)36(42)25-8-10-27-20(2)34(43-33(27)16-25)32-15-24-6-5-23(14-31(24)39(32)17-21-3-4-21)22-7-11-28(35(38)41)29(37)13-22/h5-8,10-11,13-16,19,21,26,30H,3-4,9,12,17-18H2,1-2H3,(H2,38,41)/t19-,26?,30?/m1/s1. The number of nitrogens with zero attached hydrogens (tertiary/aromatic N) is 2. The molecular weight excluding hydrogens is 541 g/mol. The minimum absolute atomic E-state index is 0.104. The van der Waals surface area contributed by atoms with E-state index in [-0.39, 0.29) is 11.5 Å².